The van der Waals surface area contributed by atoms with Crippen LogP contribution < -0.4 is 10.6 Å². The van der Waals surface area contributed by atoms with Crippen molar-refractivity contribution < 1.29 is 9.53 Å². The highest BCUT2D eigenvalue weighted by molar-refractivity contribution is 6.30. The number of carbonyl (C=O) groups is 1. The molecule has 23 heavy (non-hydrogen) atoms. The molecule has 2 amide bonds. The molecule has 1 rings (SSSR count). The van der Waals surface area contributed by atoms with Gasteiger partial charge in [-0.25, -0.2) is 4.79 Å². The fourth-order valence-corrected chi connectivity index (χ4v) is 2.54. The Morgan fingerprint density at radius 2 is 2.04 bits per heavy atom. The quantitative estimate of drug-likeness (QED) is 0.639. The fraction of sp³-hybridized carbons (Fsp3) is 0.588. The van der Waals surface area contributed by atoms with Gasteiger partial charge in [-0.1, -0.05) is 38.4 Å². The topological polar surface area (TPSA) is 53.6 Å². The molecule has 0 radical (unpaired) electrons. The number of hydrogen-bond donors (Lipinski definition) is 2. The third-order valence-corrected chi connectivity index (χ3v) is 3.80. The molecule has 0 aromatic heterocycles. The number of likely N-dealkylation sites (N-methyl/N-ethyl adjacent to an activating group) is 1. The third-order valence-electron chi connectivity index (χ3n) is 3.57. The first kappa shape index (κ1) is 19.7. The molecular formula is C17H28ClN3O2. The number of benzene rings is 1. The summed E-state index contributed by atoms with van der Waals surface area (Å²) in [6, 6.07) is 7.02. The van der Waals surface area contributed by atoms with Gasteiger partial charge in [-0.15, -0.1) is 0 Å². The van der Waals surface area contributed by atoms with Gasteiger partial charge in [0, 0.05) is 23.9 Å². The molecule has 1 aromatic rings. The summed E-state index contributed by atoms with van der Waals surface area (Å²) in [4.78, 5) is 14.3. The number of anilines is 1. The smallest absolute Gasteiger partial charge is 0.319 e. The molecule has 0 aliphatic heterocycles. The SMILES string of the molecule is CCCOCC(CNC(=O)Nc1cccc(Cl)c1)N(CC)CC. The van der Waals surface area contributed by atoms with Crippen LogP contribution in [0, 0.1) is 0 Å². The molecule has 0 saturated heterocycles. The van der Waals surface area contributed by atoms with E-state index >= 15 is 0 Å². The Morgan fingerprint density at radius 3 is 2.65 bits per heavy atom. The molecular weight excluding hydrogens is 314 g/mol. The third kappa shape index (κ3) is 7.68. The predicted octanol–water partition coefficient (Wildman–Crippen LogP) is 3.60. The Morgan fingerprint density at radius 1 is 1.30 bits per heavy atom. The predicted molar refractivity (Wildman–Crippen MR) is 96.3 cm³/mol. The lowest BCUT2D eigenvalue weighted by atomic mass is 10.2. The Balaban J connectivity index is 2.49. The summed E-state index contributed by atoms with van der Waals surface area (Å²) in [5, 5.41) is 6.29. The van der Waals surface area contributed by atoms with Crippen molar-refractivity contribution in [3.63, 3.8) is 0 Å². The minimum absolute atomic E-state index is 0.168. The van der Waals surface area contributed by atoms with Gasteiger partial charge in [0.05, 0.1) is 12.6 Å². The average molecular weight is 342 g/mol. The number of hydrogen-bond acceptors (Lipinski definition) is 3. The van der Waals surface area contributed by atoms with Crippen LogP contribution in [-0.4, -0.2) is 49.8 Å². The first-order valence-electron chi connectivity index (χ1n) is 8.22. The van der Waals surface area contributed by atoms with Gasteiger partial charge < -0.3 is 15.4 Å². The zero-order chi connectivity index (χ0) is 17.1. The van der Waals surface area contributed by atoms with E-state index in [0.717, 1.165) is 26.1 Å². The second kappa shape index (κ2) is 11.3. The van der Waals surface area contributed by atoms with E-state index in [0.29, 0.717) is 23.9 Å². The number of carbonyl (C=O) groups excluding carboxylic acids is 1. The van der Waals surface area contributed by atoms with Crippen molar-refractivity contribution in [2.75, 3.05) is 38.2 Å². The zero-order valence-corrected chi connectivity index (χ0v) is 15.0. The van der Waals surface area contributed by atoms with E-state index < -0.39 is 0 Å². The van der Waals surface area contributed by atoms with Gasteiger partial charge in [0.25, 0.3) is 0 Å². The van der Waals surface area contributed by atoms with E-state index in [-0.39, 0.29) is 12.1 Å². The van der Waals surface area contributed by atoms with Crippen LogP contribution in [0.4, 0.5) is 10.5 Å². The van der Waals surface area contributed by atoms with E-state index in [1.165, 1.54) is 0 Å². The molecule has 1 atom stereocenters. The highest BCUT2D eigenvalue weighted by Crippen LogP contribution is 2.14. The van der Waals surface area contributed by atoms with Crippen molar-refractivity contribution >= 4 is 23.3 Å². The number of amides is 2. The maximum Gasteiger partial charge on any atom is 0.319 e. The molecule has 0 fully saturated rings. The van der Waals surface area contributed by atoms with E-state index in [1.807, 2.05) is 0 Å². The minimum Gasteiger partial charge on any atom is -0.380 e. The maximum absolute atomic E-state index is 12.0. The highest BCUT2D eigenvalue weighted by Gasteiger charge is 2.17. The Kier molecular flexibility index (Phi) is 9.67. The molecule has 0 spiro atoms. The van der Waals surface area contributed by atoms with E-state index in [2.05, 4.69) is 36.3 Å². The summed E-state index contributed by atoms with van der Waals surface area (Å²) in [5.41, 5.74) is 0.677. The maximum atomic E-state index is 12.0. The molecule has 2 N–H and O–H groups in total. The molecule has 0 heterocycles. The summed E-state index contributed by atoms with van der Waals surface area (Å²) in [5.74, 6) is 0. The first-order valence-corrected chi connectivity index (χ1v) is 8.60. The van der Waals surface area contributed by atoms with E-state index in [4.69, 9.17) is 16.3 Å². The van der Waals surface area contributed by atoms with Gasteiger partial charge in [-0.2, -0.15) is 0 Å². The van der Waals surface area contributed by atoms with Gasteiger partial charge >= 0.3 is 6.03 Å². The van der Waals surface area contributed by atoms with Crippen molar-refractivity contribution in [1.29, 1.82) is 0 Å². The second-order valence-corrected chi connectivity index (χ2v) is 5.73. The Labute approximate surface area is 144 Å². The fourth-order valence-electron chi connectivity index (χ4n) is 2.35. The largest absolute Gasteiger partial charge is 0.380 e. The molecule has 0 aliphatic carbocycles. The number of urea groups is 1. The van der Waals surface area contributed by atoms with Crippen LogP contribution in [0.25, 0.3) is 0 Å². The first-order chi connectivity index (χ1) is 11.1. The number of nitrogens with one attached hydrogen (secondary N) is 2. The summed E-state index contributed by atoms with van der Waals surface area (Å²) < 4.78 is 5.67. The molecule has 0 aliphatic rings. The Hall–Kier alpha value is -1.30. The molecule has 0 saturated carbocycles. The summed E-state index contributed by atoms with van der Waals surface area (Å²) in [6.45, 7) is 10.1. The molecule has 5 nitrogen and oxygen atoms in total. The van der Waals surface area contributed by atoms with Gasteiger partial charge in [0.1, 0.15) is 0 Å². The van der Waals surface area contributed by atoms with Gasteiger partial charge in [0.2, 0.25) is 0 Å². The number of nitrogens with zero attached hydrogens (tertiary/aromatic N) is 1. The monoisotopic (exact) mass is 341 g/mol. The van der Waals surface area contributed by atoms with Crippen LogP contribution in [0.2, 0.25) is 5.02 Å². The molecule has 130 valence electrons. The van der Waals surface area contributed by atoms with Crippen molar-refractivity contribution in [2.24, 2.45) is 0 Å². The van der Waals surface area contributed by atoms with Crippen LogP contribution >= 0.6 is 11.6 Å². The van der Waals surface area contributed by atoms with Crippen molar-refractivity contribution in [3.05, 3.63) is 29.3 Å². The van der Waals surface area contributed by atoms with E-state index in [1.54, 1.807) is 24.3 Å². The number of halogens is 1. The minimum atomic E-state index is -0.236. The van der Waals surface area contributed by atoms with Crippen molar-refractivity contribution in [2.45, 2.75) is 33.2 Å². The molecule has 0 bridgehead atoms. The van der Waals surface area contributed by atoms with Gasteiger partial charge in [0.15, 0.2) is 0 Å². The summed E-state index contributed by atoms with van der Waals surface area (Å²) >= 11 is 5.91. The normalized spacial score (nSPS) is 12.2. The number of ether oxygens (including phenoxy) is 1. The van der Waals surface area contributed by atoms with Crippen LogP contribution in [-0.2, 0) is 4.74 Å². The van der Waals surface area contributed by atoms with Crippen LogP contribution in [0.5, 0.6) is 0 Å². The van der Waals surface area contributed by atoms with Crippen molar-refractivity contribution in [1.82, 2.24) is 10.2 Å². The summed E-state index contributed by atoms with van der Waals surface area (Å²) in [7, 11) is 0. The molecule has 1 unspecified atom stereocenters. The van der Waals surface area contributed by atoms with Crippen LogP contribution in [0.3, 0.4) is 0 Å². The van der Waals surface area contributed by atoms with E-state index in [9.17, 15) is 4.79 Å². The summed E-state index contributed by atoms with van der Waals surface area (Å²) in [6.07, 6.45) is 0.994. The zero-order valence-electron chi connectivity index (χ0n) is 14.3. The van der Waals surface area contributed by atoms with Gasteiger partial charge in [-0.3, -0.25) is 4.90 Å². The standard InChI is InChI=1S/C17H28ClN3O2/c1-4-10-23-13-16(21(5-2)6-3)12-19-17(22)20-15-9-7-8-14(18)11-15/h7-9,11,16H,4-6,10,12-13H2,1-3H3,(H2,19,20,22). The lowest BCUT2D eigenvalue weighted by Gasteiger charge is -2.29. The van der Waals surface area contributed by atoms with Crippen LogP contribution in [0.15, 0.2) is 24.3 Å². The number of rotatable bonds is 10. The molecule has 1 aromatic carbocycles. The lowest BCUT2D eigenvalue weighted by molar-refractivity contribution is 0.0646. The van der Waals surface area contributed by atoms with Gasteiger partial charge in [-0.05, 0) is 37.7 Å². The Bertz CT molecular complexity index is 467. The van der Waals surface area contributed by atoms with Crippen LogP contribution in [0.1, 0.15) is 27.2 Å². The average Bonchev–Trinajstić information content (AvgIpc) is 2.53. The second-order valence-electron chi connectivity index (χ2n) is 5.30. The lowest BCUT2D eigenvalue weighted by Crippen LogP contribution is -2.47. The molecule has 6 heteroatoms. The highest BCUT2D eigenvalue weighted by atomic mass is 35.5. The van der Waals surface area contributed by atoms with Crippen molar-refractivity contribution in [3.8, 4) is 0 Å².